The van der Waals surface area contributed by atoms with Gasteiger partial charge in [0.25, 0.3) is 10.1 Å². The zero-order chi connectivity index (χ0) is 11.3. The van der Waals surface area contributed by atoms with Gasteiger partial charge in [-0.05, 0) is 18.9 Å². The molecule has 3 nitrogen and oxygen atoms in total. The van der Waals surface area contributed by atoms with Gasteiger partial charge in [-0.15, -0.1) is 0 Å². The van der Waals surface area contributed by atoms with E-state index in [-0.39, 0.29) is 11.9 Å². The molecule has 1 aromatic carbocycles. The lowest BCUT2D eigenvalue weighted by Crippen LogP contribution is -2.13. The van der Waals surface area contributed by atoms with Gasteiger partial charge in [-0.25, -0.2) is 0 Å². The molecule has 0 fully saturated rings. The lowest BCUT2D eigenvalue weighted by molar-refractivity contribution is 0.209. The Hall–Kier alpha value is -0.870. The average Bonchev–Trinajstić information content (AvgIpc) is 2.27. The lowest BCUT2D eigenvalue weighted by Gasteiger charge is -2.15. The molecule has 1 atom stereocenters. The Kier molecular flexibility index (Phi) is 4.29. The molecule has 0 N–H and O–H groups in total. The van der Waals surface area contributed by atoms with Crippen molar-refractivity contribution in [2.45, 2.75) is 26.4 Å². The Labute approximate surface area is 91.2 Å². The van der Waals surface area contributed by atoms with Crippen LogP contribution >= 0.6 is 0 Å². The number of hydrogen-bond acceptors (Lipinski definition) is 3. The lowest BCUT2D eigenvalue weighted by atomic mass is 10.1. The van der Waals surface area contributed by atoms with E-state index in [1.54, 1.807) is 6.92 Å². The standard InChI is InChI=1S/C11H16O3S/c1-3-11(14-15(12,13)4-2)10-8-6-5-7-9-10/h5-9,11H,3-4H2,1-2H3/t11-/m1/s1. The first kappa shape index (κ1) is 12.2. The van der Waals surface area contributed by atoms with Crippen LogP contribution in [0.15, 0.2) is 30.3 Å². The van der Waals surface area contributed by atoms with Crippen molar-refractivity contribution in [3.05, 3.63) is 35.9 Å². The zero-order valence-corrected chi connectivity index (χ0v) is 9.83. The fourth-order valence-corrected chi connectivity index (χ4v) is 2.01. The van der Waals surface area contributed by atoms with E-state index in [4.69, 9.17) is 4.18 Å². The van der Waals surface area contributed by atoms with Crippen LogP contribution in [-0.4, -0.2) is 14.2 Å². The van der Waals surface area contributed by atoms with Crippen LogP contribution in [0.1, 0.15) is 31.9 Å². The van der Waals surface area contributed by atoms with Crippen LogP contribution < -0.4 is 0 Å². The minimum Gasteiger partial charge on any atom is -0.262 e. The fourth-order valence-electron chi connectivity index (χ4n) is 1.27. The van der Waals surface area contributed by atoms with E-state index in [0.717, 1.165) is 5.56 Å². The van der Waals surface area contributed by atoms with E-state index in [1.165, 1.54) is 0 Å². The highest BCUT2D eigenvalue weighted by atomic mass is 32.2. The maximum absolute atomic E-state index is 11.3. The highest BCUT2D eigenvalue weighted by Gasteiger charge is 2.17. The van der Waals surface area contributed by atoms with Crippen LogP contribution in [0.3, 0.4) is 0 Å². The Morgan fingerprint density at radius 2 is 1.80 bits per heavy atom. The van der Waals surface area contributed by atoms with Gasteiger partial charge in [0, 0.05) is 0 Å². The molecule has 84 valence electrons. The molecule has 0 spiro atoms. The van der Waals surface area contributed by atoms with Crippen molar-refractivity contribution in [2.24, 2.45) is 0 Å². The molecule has 0 aromatic heterocycles. The fraction of sp³-hybridized carbons (Fsp3) is 0.455. The molecule has 0 heterocycles. The van der Waals surface area contributed by atoms with Crippen molar-refractivity contribution >= 4 is 10.1 Å². The first-order valence-electron chi connectivity index (χ1n) is 5.05. The maximum atomic E-state index is 11.3. The molecule has 0 unspecified atom stereocenters. The van der Waals surface area contributed by atoms with Gasteiger partial charge in [0.05, 0.1) is 5.75 Å². The van der Waals surface area contributed by atoms with E-state index >= 15 is 0 Å². The summed E-state index contributed by atoms with van der Waals surface area (Å²) in [5.74, 6) is 0.0103. The van der Waals surface area contributed by atoms with Crippen molar-refractivity contribution in [1.29, 1.82) is 0 Å². The molecule has 0 aliphatic heterocycles. The van der Waals surface area contributed by atoms with Crippen LogP contribution in [0.2, 0.25) is 0 Å². The summed E-state index contributed by atoms with van der Waals surface area (Å²) in [6.45, 7) is 3.48. The number of hydrogen-bond donors (Lipinski definition) is 0. The number of benzene rings is 1. The first-order chi connectivity index (χ1) is 7.09. The summed E-state index contributed by atoms with van der Waals surface area (Å²) >= 11 is 0. The Morgan fingerprint density at radius 3 is 2.27 bits per heavy atom. The minimum atomic E-state index is -3.38. The Balaban J connectivity index is 2.83. The van der Waals surface area contributed by atoms with Crippen LogP contribution in [0.4, 0.5) is 0 Å². The molecular formula is C11H16O3S. The Morgan fingerprint density at radius 1 is 1.20 bits per heavy atom. The SMILES string of the molecule is CC[C@@H](OS(=O)(=O)CC)c1ccccc1. The van der Waals surface area contributed by atoms with Crippen molar-refractivity contribution in [1.82, 2.24) is 0 Å². The molecule has 0 radical (unpaired) electrons. The van der Waals surface area contributed by atoms with E-state index in [9.17, 15) is 8.42 Å². The zero-order valence-electron chi connectivity index (χ0n) is 9.01. The third-order valence-electron chi connectivity index (χ3n) is 2.16. The number of rotatable bonds is 5. The monoisotopic (exact) mass is 228 g/mol. The second kappa shape index (κ2) is 5.28. The quantitative estimate of drug-likeness (QED) is 0.727. The van der Waals surface area contributed by atoms with Gasteiger partial charge >= 0.3 is 0 Å². The molecule has 0 aliphatic carbocycles. The smallest absolute Gasteiger partial charge is 0.262 e. The largest absolute Gasteiger partial charge is 0.267 e. The first-order valence-corrected chi connectivity index (χ1v) is 6.62. The normalized spacial score (nSPS) is 13.7. The van der Waals surface area contributed by atoms with E-state index in [0.29, 0.717) is 6.42 Å². The van der Waals surface area contributed by atoms with Crippen molar-refractivity contribution < 1.29 is 12.6 Å². The van der Waals surface area contributed by atoms with Crippen molar-refractivity contribution in [3.63, 3.8) is 0 Å². The minimum absolute atomic E-state index is 0.0103. The molecule has 0 saturated carbocycles. The molecule has 0 saturated heterocycles. The molecule has 0 amide bonds. The molecule has 1 rings (SSSR count). The van der Waals surface area contributed by atoms with Gasteiger partial charge in [0.1, 0.15) is 6.10 Å². The highest BCUT2D eigenvalue weighted by molar-refractivity contribution is 7.86. The predicted octanol–water partition coefficient (Wildman–Crippen LogP) is 2.50. The molecule has 4 heteroatoms. The van der Waals surface area contributed by atoms with E-state index in [2.05, 4.69) is 0 Å². The van der Waals surface area contributed by atoms with Gasteiger partial charge in [0.15, 0.2) is 0 Å². The third-order valence-corrected chi connectivity index (χ3v) is 3.39. The summed E-state index contributed by atoms with van der Waals surface area (Å²) < 4.78 is 27.7. The van der Waals surface area contributed by atoms with Gasteiger partial charge in [-0.3, -0.25) is 4.18 Å². The van der Waals surface area contributed by atoms with Gasteiger partial charge in [0.2, 0.25) is 0 Å². The summed E-state index contributed by atoms with van der Waals surface area (Å²) in [5.41, 5.74) is 0.900. The van der Waals surface area contributed by atoms with Gasteiger partial charge < -0.3 is 0 Å². The molecule has 0 aliphatic rings. The summed E-state index contributed by atoms with van der Waals surface area (Å²) in [6.07, 6.45) is 0.277. The molecule has 0 bridgehead atoms. The maximum Gasteiger partial charge on any atom is 0.267 e. The van der Waals surface area contributed by atoms with Crippen LogP contribution in [-0.2, 0) is 14.3 Å². The Bertz CT molecular complexity index is 384. The van der Waals surface area contributed by atoms with Crippen LogP contribution in [0, 0.1) is 0 Å². The average molecular weight is 228 g/mol. The van der Waals surface area contributed by atoms with E-state index < -0.39 is 10.1 Å². The summed E-state index contributed by atoms with van der Waals surface area (Å²) in [5, 5.41) is 0. The topological polar surface area (TPSA) is 43.4 Å². The second-order valence-corrected chi connectivity index (χ2v) is 5.14. The summed E-state index contributed by atoms with van der Waals surface area (Å²) in [6, 6.07) is 9.39. The third kappa shape index (κ3) is 3.64. The predicted molar refractivity (Wildman–Crippen MR) is 60.0 cm³/mol. The van der Waals surface area contributed by atoms with Gasteiger partial charge in [-0.2, -0.15) is 8.42 Å². The summed E-state index contributed by atoms with van der Waals surface area (Å²) in [4.78, 5) is 0. The molecule has 1 aromatic rings. The van der Waals surface area contributed by atoms with Crippen LogP contribution in [0.25, 0.3) is 0 Å². The molecular weight excluding hydrogens is 212 g/mol. The van der Waals surface area contributed by atoms with E-state index in [1.807, 2.05) is 37.3 Å². The van der Waals surface area contributed by atoms with Gasteiger partial charge in [-0.1, -0.05) is 37.3 Å². The second-order valence-electron chi connectivity index (χ2n) is 3.25. The highest BCUT2D eigenvalue weighted by Crippen LogP contribution is 2.22. The van der Waals surface area contributed by atoms with Crippen molar-refractivity contribution in [3.8, 4) is 0 Å². The molecule has 15 heavy (non-hydrogen) atoms. The summed E-state index contributed by atoms with van der Waals surface area (Å²) in [7, 11) is -3.38. The van der Waals surface area contributed by atoms with Crippen molar-refractivity contribution in [2.75, 3.05) is 5.75 Å². The van der Waals surface area contributed by atoms with Crippen LogP contribution in [0.5, 0.6) is 0 Å².